The molecule has 0 saturated heterocycles. The van der Waals surface area contributed by atoms with Gasteiger partial charge in [-0.1, -0.05) is 58.6 Å². The zero-order chi connectivity index (χ0) is 25.5. The Morgan fingerprint density at radius 2 is 1.51 bits per heavy atom. The van der Waals surface area contributed by atoms with Crippen molar-refractivity contribution in [3.05, 3.63) is 59.7 Å². The Labute approximate surface area is 212 Å². The first kappa shape index (κ1) is 28.6. The number of rotatable bonds is 12. The average Bonchev–Trinajstić information content (AvgIpc) is 2.94. The van der Waals surface area contributed by atoms with Gasteiger partial charge in [0, 0.05) is 30.5 Å². The van der Waals surface area contributed by atoms with E-state index >= 15 is 0 Å². The highest BCUT2D eigenvalue weighted by Crippen LogP contribution is 2.32. The van der Waals surface area contributed by atoms with Gasteiger partial charge < -0.3 is 15.1 Å². The number of nitrogens with zero attached hydrogens (tertiary/aromatic N) is 2. The lowest BCUT2D eigenvalue weighted by molar-refractivity contribution is -0.107. The van der Waals surface area contributed by atoms with E-state index in [2.05, 4.69) is 24.4 Å². The topological polar surface area (TPSA) is 52.7 Å². The predicted octanol–water partition coefficient (Wildman–Crippen LogP) is 6.78. The van der Waals surface area contributed by atoms with Crippen LogP contribution in [0, 0.1) is 0 Å². The minimum atomic E-state index is -0.0247. The monoisotopic (exact) mass is 479 g/mol. The third-order valence-corrected chi connectivity index (χ3v) is 6.69. The highest BCUT2D eigenvalue weighted by Gasteiger charge is 2.18. The lowest BCUT2D eigenvalue weighted by Gasteiger charge is -2.23. The summed E-state index contributed by atoms with van der Waals surface area (Å²) in [7, 11) is 1.80. The second-order valence-electron chi connectivity index (χ2n) is 9.09. The Hall–Kier alpha value is -2.66. The summed E-state index contributed by atoms with van der Waals surface area (Å²) in [5.74, 6) is 0.615. The molecule has 0 heterocycles. The summed E-state index contributed by atoms with van der Waals surface area (Å²) in [6, 6.07) is 15.8. The molecule has 1 N–H and O–H groups in total. The van der Waals surface area contributed by atoms with E-state index in [1.54, 1.807) is 16.8 Å². The van der Waals surface area contributed by atoms with Crippen molar-refractivity contribution in [3.63, 3.8) is 0 Å². The maximum absolute atomic E-state index is 13.0. The molecule has 0 spiro atoms. The lowest BCUT2D eigenvalue weighted by atomic mass is 9.84. The van der Waals surface area contributed by atoms with Crippen molar-refractivity contribution in [2.75, 3.05) is 36.5 Å². The van der Waals surface area contributed by atoms with Crippen LogP contribution >= 0.6 is 0 Å². The third kappa shape index (κ3) is 8.81. The molecule has 1 fully saturated rings. The molecule has 1 aliphatic carbocycles. The minimum absolute atomic E-state index is 0.0247. The van der Waals surface area contributed by atoms with Gasteiger partial charge in [-0.2, -0.15) is 0 Å². The van der Waals surface area contributed by atoms with E-state index in [1.807, 2.05) is 50.2 Å². The van der Waals surface area contributed by atoms with Crippen LogP contribution in [0.3, 0.4) is 0 Å². The summed E-state index contributed by atoms with van der Waals surface area (Å²) in [6.45, 7) is 8.78. The SMILES string of the molecule is CC.CCCCNCCCN(C=O)c1ccc(N(C)C(=O)c2ccc(C3CCCCC3)cc2)cc1. The fraction of sp³-hybridized carbons (Fsp3) is 0.533. The number of benzene rings is 2. The van der Waals surface area contributed by atoms with Crippen LogP contribution in [-0.4, -0.2) is 39.0 Å². The van der Waals surface area contributed by atoms with Gasteiger partial charge in [0.2, 0.25) is 6.41 Å². The van der Waals surface area contributed by atoms with Gasteiger partial charge >= 0.3 is 0 Å². The number of carbonyl (C=O) groups is 2. The second kappa shape index (κ2) is 16.1. The number of unbranched alkanes of at least 4 members (excludes halogenated alkanes) is 1. The van der Waals surface area contributed by atoms with Crippen LogP contribution in [0.15, 0.2) is 48.5 Å². The molecule has 5 nitrogen and oxygen atoms in total. The number of anilines is 2. The summed E-state index contributed by atoms with van der Waals surface area (Å²) in [6.07, 6.45) is 10.6. The van der Waals surface area contributed by atoms with Crippen LogP contribution in [0.4, 0.5) is 11.4 Å². The van der Waals surface area contributed by atoms with Crippen molar-refractivity contribution >= 4 is 23.7 Å². The maximum Gasteiger partial charge on any atom is 0.258 e. The van der Waals surface area contributed by atoms with Gasteiger partial charge in [0.05, 0.1) is 0 Å². The van der Waals surface area contributed by atoms with Crippen LogP contribution in [0.5, 0.6) is 0 Å². The second-order valence-corrected chi connectivity index (χ2v) is 9.09. The standard InChI is InChI=1S/C28H39N3O2.C2H6/c1-3-4-19-29-20-8-21-31(22-32)27-17-15-26(16-18-27)30(2)28(33)25-13-11-24(12-14-25)23-9-6-5-7-10-23;1-2/h11-18,22-23,29H,3-10,19-21H2,1-2H3;1-2H3. The smallest absolute Gasteiger partial charge is 0.258 e. The fourth-order valence-corrected chi connectivity index (χ4v) is 4.56. The number of nitrogens with one attached hydrogen (secondary N) is 1. The third-order valence-electron chi connectivity index (χ3n) is 6.69. The van der Waals surface area contributed by atoms with Gasteiger partial charge in [-0.15, -0.1) is 0 Å². The first-order chi connectivity index (χ1) is 17.1. The highest BCUT2D eigenvalue weighted by atomic mass is 16.2. The van der Waals surface area contributed by atoms with Crippen molar-refractivity contribution in [2.24, 2.45) is 0 Å². The molecule has 35 heavy (non-hydrogen) atoms. The zero-order valence-electron chi connectivity index (χ0n) is 22.3. The molecular weight excluding hydrogens is 434 g/mol. The van der Waals surface area contributed by atoms with Crippen LogP contribution in [0.25, 0.3) is 0 Å². The van der Waals surface area contributed by atoms with E-state index in [-0.39, 0.29) is 5.91 Å². The van der Waals surface area contributed by atoms with Gasteiger partial charge in [-0.05, 0) is 86.7 Å². The number of hydrogen-bond donors (Lipinski definition) is 1. The Morgan fingerprint density at radius 1 is 0.914 bits per heavy atom. The van der Waals surface area contributed by atoms with Crippen LogP contribution < -0.4 is 15.1 Å². The maximum atomic E-state index is 13.0. The summed E-state index contributed by atoms with van der Waals surface area (Å²) in [5.41, 5.74) is 3.71. The van der Waals surface area contributed by atoms with Crippen LogP contribution in [-0.2, 0) is 4.79 Å². The quantitative estimate of drug-likeness (QED) is 0.270. The molecule has 0 aromatic heterocycles. The largest absolute Gasteiger partial charge is 0.317 e. The fourth-order valence-electron chi connectivity index (χ4n) is 4.56. The molecule has 2 aromatic carbocycles. The molecule has 1 aliphatic rings. The number of carbonyl (C=O) groups excluding carboxylic acids is 2. The molecule has 0 aliphatic heterocycles. The van der Waals surface area contributed by atoms with Gasteiger partial charge in [-0.3, -0.25) is 9.59 Å². The summed E-state index contributed by atoms with van der Waals surface area (Å²) >= 11 is 0. The van der Waals surface area contributed by atoms with E-state index in [4.69, 9.17) is 0 Å². The van der Waals surface area contributed by atoms with Crippen molar-refractivity contribution in [2.45, 2.75) is 78.1 Å². The summed E-state index contributed by atoms with van der Waals surface area (Å²) in [4.78, 5) is 28.0. The molecule has 0 atom stereocenters. The van der Waals surface area contributed by atoms with E-state index in [1.165, 1.54) is 50.5 Å². The van der Waals surface area contributed by atoms with Gasteiger partial charge in [0.15, 0.2) is 0 Å². The van der Waals surface area contributed by atoms with Crippen molar-refractivity contribution in [1.82, 2.24) is 5.32 Å². The number of amides is 2. The minimum Gasteiger partial charge on any atom is -0.317 e. The molecule has 2 aromatic rings. The molecule has 0 bridgehead atoms. The molecule has 1 saturated carbocycles. The van der Waals surface area contributed by atoms with Crippen molar-refractivity contribution in [3.8, 4) is 0 Å². The van der Waals surface area contributed by atoms with Gasteiger partial charge in [-0.25, -0.2) is 0 Å². The lowest BCUT2D eigenvalue weighted by Crippen LogP contribution is -2.27. The Kier molecular flexibility index (Phi) is 13.1. The Balaban J connectivity index is 0.00000210. The highest BCUT2D eigenvalue weighted by molar-refractivity contribution is 6.05. The molecule has 192 valence electrons. The molecule has 2 amide bonds. The predicted molar refractivity (Wildman–Crippen MR) is 149 cm³/mol. The van der Waals surface area contributed by atoms with Gasteiger partial charge in [0.25, 0.3) is 5.91 Å². The summed E-state index contributed by atoms with van der Waals surface area (Å²) in [5, 5.41) is 3.40. The first-order valence-corrected chi connectivity index (χ1v) is 13.5. The molecule has 3 rings (SSSR count). The zero-order valence-corrected chi connectivity index (χ0v) is 22.3. The molecule has 0 radical (unpaired) electrons. The van der Waals surface area contributed by atoms with Crippen molar-refractivity contribution in [1.29, 1.82) is 0 Å². The summed E-state index contributed by atoms with van der Waals surface area (Å²) < 4.78 is 0. The molecular formula is C30H45N3O2. The Bertz CT molecular complexity index is 858. The van der Waals surface area contributed by atoms with E-state index < -0.39 is 0 Å². The molecule has 5 heteroatoms. The van der Waals surface area contributed by atoms with E-state index in [0.717, 1.165) is 37.3 Å². The van der Waals surface area contributed by atoms with E-state index in [0.29, 0.717) is 18.0 Å². The van der Waals surface area contributed by atoms with E-state index in [9.17, 15) is 9.59 Å². The first-order valence-electron chi connectivity index (χ1n) is 13.5. The number of hydrogen-bond acceptors (Lipinski definition) is 3. The normalized spacial score (nSPS) is 13.5. The Morgan fingerprint density at radius 3 is 2.11 bits per heavy atom. The van der Waals surface area contributed by atoms with Crippen molar-refractivity contribution < 1.29 is 9.59 Å². The average molecular weight is 480 g/mol. The molecule has 0 unspecified atom stereocenters. The van der Waals surface area contributed by atoms with Crippen LogP contribution in [0.1, 0.15) is 94.0 Å². The van der Waals surface area contributed by atoms with Crippen LogP contribution in [0.2, 0.25) is 0 Å². The van der Waals surface area contributed by atoms with Gasteiger partial charge in [0.1, 0.15) is 0 Å².